The van der Waals surface area contributed by atoms with Crippen molar-refractivity contribution in [2.75, 3.05) is 6.54 Å². The summed E-state index contributed by atoms with van der Waals surface area (Å²) in [7, 11) is -3.70. The van der Waals surface area contributed by atoms with Crippen LogP contribution in [0.3, 0.4) is 0 Å². The van der Waals surface area contributed by atoms with Crippen LogP contribution in [0.2, 0.25) is 5.02 Å². The minimum atomic E-state index is -3.70. The van der Waals surface area contributed by atoms with Crippen LogP contribution in [-0.4, -0.2) is 27.0 Å². The van der Waals surface area contributed by atoms with Crippen LogP contribution in [0.25, 0.3) is 0 Å². The van der Waals surface area contributed by atoms with Crippen molar-refractivity contribution in [3.8, 4) is 0 Å². The van der Waals surface area contributed by atoms with Gasteiger partial charge < -0.3 is 4.74 Å². The van der Waals surface area contributed by atoms with Crippen molar-refractivity contribution < 1.29 is 17.9 Å². The molecule has 0 aliphatic heterocycles. The third-order valence-corrected chi connectivity index (χ3v) is 4.08. The molecule has 1 aromatic carbocycles. The Morgan fingerprint density at radius 3 is 2.58 bits per heavy atom. The number of sulfonamides is 1. The number of carbonyl (C=O) groups is 1. The fourth-order valence-corrected chi connectivity index (χ4v) is 2.90. The maximum absolute atomic E-state index is 11.9. The molecule has 0 bridgehead atoms. The van der Waals surface area contributed by atoms with Gasteiger partial charge in [-0.25, -0.2) is 13.1 Å². The summed E-state index contributed by atoms with van der Waals surface area (Å²) in [6.45, 7) is 3.43. The van der Waals surface area contributed by atoms with E-state index >= 15 is 0 Å². The maximum Gasteiger partial charge on any atom is 0.307 e. The molecular weight excluding hydrogens is 290 g/mol. The summed E-state index contributed by atoms with van der Waals surface area (Å²) in [5.41, 5.74) is 0. The van der Waals surface area contributed by atoms with Gasteiger partial charge in [-0.2, -0.15) is 0 Å². The Morgan fingerprint density at radius 2 is 2.00 bits per heavy atom. The van der Waals surface area contributed by atoms with E-state index in [2.05, 4.69) is 4.72 Å². The zero-order chi connectivity index (χ0) is 14.5. The Hall–Kier alpha value is -1.11. The monoisotopic (exact) mass is 305 g/mol. The number of nitrogens with one attached hydrogen (secondary N) is 1. The summed E-state index contributed by atoms with van der Waals surface area (Å²) in [5.74, 6) is -0.447. The molecule has 0 aromatic heterocycles. The van der Waals surface area contributed by atoms with Crippen LogP contribution in [0.5, 0.6) is 0 Å². The average molecular weight is 306 g/mol. The highest BCUT2D eigenvalue weighted by Gasteiger charge is 2.17. The summed E-state index contributed by atoms with van der Waals surface area (Å²) in [5, 5.41) is 0.139. The second-order valence-corrected chi connectivity index (χ2v) is 6.26. The fraction of sp³-hybridized carbons (Fsp3) is 0.417. The van der Waals surface area contributed by atoms with E-state index in [4.69, 9.17) is 16.3 Å². The number of rotatable bonds is 6. The maximum atomic E-state index is 11.9. The standard InChI is InChI=1S/C12H16ClNO4S/c1-9(2)18-12(15)7-8-14-19(16,17)11-6-4-3-5-10(11)13/h3-6,9,14H,7-8H2,1-2H3. The topological polar surface area (TPSA) is 72.5 Å². The summed E-state index contributed by atoms with van der Waals surface area (Å²) in [4.78, 5) is 11.3. The summed E-state index contributed by atoms with van der Waals surface area (Å²) in [6.07, 6.45) is -0.241. The fourth-order valence-electron chi connectivity index (χ4n) is 1.35. The first-order chi connectivity index (χ1) is 8.83. The second-order valence-electron chi connectivity index (χ2n) is 4.12. The van der Waals surface area contributed by atoms with Gasteiger partial charge in [0, 0.05) is 6.54 Å². The van der Waals surface area contributed by atoms with E-state index in [1.54, 1.807) is 26.0 Å². The number of esters is 1. The highest BCUT2D eigenvalue weighted by Crippen LogP contribution is 2.19. The van der Waals surface area contributed by atoms with Gasteiger partial charge in [-0.15, -0.1) is 0 Å². The van der Waals surface area contributed by atoms with Gasteiger partial charge in [0.2, 0.25) is 10.0 Å². The van der Waals surface area contributed by atoms with Gasteiger partial charge in [0.25, 0.3) is 0 Å². The molecule has 0 saturated carbocycles. The van der Waals surface area contributed by atoms with Gasteiger partial charge >= 0.3 is 5.97 Å². The van der Waals surface area contributed by atoms with Crippen molar-refractivity contribution in [1.29, 1.82) is 0 Å². The van der Waals surface area contributed by atoms with Gasteiger partial charge in [0.1, 0.15) is 4.90 Å². The summed E-state index contributed by atoms with van der Waals surface area (Å²) >= 11 is 5.81. The molecular formula is C12H16ClNO4S. The lowest BCUT2D eigenvalue weighted by Gasteiger charge is -2.09. The number of hydrogen-bond acceptors (Lipinski definition) is 4. The molecule has 106 valence electrons. The lowest BCUT2D eigenvalue weighted by atomic mass is 10.4. The highest BCUT2D eigenvalue weighted by atomic mass is 35.5. The first kappa shape index (κ1) is 15.9. The normalized spacial score (nSPS) is 11.6. The van der Waals surface area contributed by atoms with Crippen LogP contribution < -0.4 is 4.72 Å². The first-order valence-corrected chi connectivity index (χ1v) is 7.62. The van der Waals surface area contributed by atoms with E-state index in [1.165, 1.54) is 12.1 Å². The van der Waals surface area contributed by atoms with E-state index in [1.807, 2.05) is 0 Å². The molecule has 0 aliphatic rings. The molecule has 0 saturated heterocycles. The Morgan fingerprint density at radius 1 is 1.37 bits per heavy atom. The van der Waals surface area contributed by atoms with Crippen molar-refractivity contribution in [1.82, 2.24) is 4.72 Å². The van der Waals surface area contributed by atoms with Crippen LogP contribution in [-0.2, 0) is 19.6 Å². The van der Waals surface area contributed by atoms with E-state index < -0.39 is 16.0 Å². The number of halogens is 1. The average Bonchev–Trinajstić information content (AvgIpc) is 2.27. The van der Waals surface area contributed by atoms with Crippen molar-refractivity contribution in [2.45, 2.75) is 31.3 Å². The molecule has 1 aromatic rings. The molecule has 19 heavy (non-hydrogen) atoms. The smallest absolute Gasteiger partial charge is 0.307 e. The minimum absolute atomic E-state index is 0.00565. The molecule has 0 heterocycles. The number of hydrogen-bond donors (Lipinski definition) is 1. The zero-order valence-corrected chi connectivity index (χ0v) is 12.3. The van der Waals surface area contributed by atoms with Gasteiger partial charge in [-0.3, -0.25) is 4.79 Å². The predicted octanol–water partition coefficient (Wildman–Crippen LogP) is 1.96. The van der Waals surface area contributed by atoms with Gasteiger partial charge in [0.15, 0.2) is 0 Å². The number of carbonyl (C=O) groups excluding carboxylic acids is 1. The second kappa shape index (κ2) is 6.88. The highest BCUT2D eigenvalue weighted by molar-refractivity contribution is 7.89. The molecule has 1 N–H and O–H groups in total. The van der Waals surface area contributed by atoms with E-state index in [-0.39, 0.29) is 29.0 Å². The third-order valence-electron chi connectivity index (χ3n) is 2.11. The Kier molecular flexibility index (Phi) is 5.78. The van der Waals surface area contributed by atoms with E-state index in [0.29, 0.717) is 0 Å². The summed E-state index contributed by atoms with van der Waals surface area (Å²) < 4.78 is 31.0. The van der Waals surface area contributed by atoms with E-state index in [9.17, 15) is 13.2 Å². The third kappa shape index (κ3) is 5.18. The molecule has 5 nitrogen and oxygen atoms in total. The quantitative estimate of drug-likeness (QED) is 0.815. The zero-order valence-electron chi connectivity index (χ0n) is 10.7. The van der Waals surface area contributed by atoms with Crippen LogP contribution in [0.1, 0.15) is 20.3 Å². The largest absolute Gasteiger partial charge is 0.463 e. The lowest BCUT2D eigenvalue weighted by Crippen LogP contribution is -2.27. The first-order valence-electron chi connectivity index (χ1n) is 5.76. The van der Waals surface area contributed by atoms with Crippen LogP contribution in [0.15, 0.2) is 29.2 Å². The van der Waals surface area contributed by atoms with Crippen molar-refractivity contribution in [3.63, 3.8) is 0 Å². The van der Waals surface area contributed by atoms with Gasteiger partial charge in [0.05, 0.1) is 17.5 Å². The van der Waals surface area contributed by atoms with Crippen molar-refractivity contribution in [3.05, 3.63) is 29.3 Å². The SMILES string of the molecule is CC(C)OC(=O)CCNS(=O)(=O)c1ccccc1Cl. The van der Waals surface area contributed by atoms with Crippen molar-refractivity contribution >= 4 is 27.6 Å². The molecule has 0 aliphatic carbocycles. The molecule has 0 amide bonds. The lowest BCUT2D eigenvalue weighted by molar-refractivity contribution is -0.147. The molecule has 1 rings (SSSR count). The number of benzene rings is 1. The Balaban J connectivity index is 2.58. The van der Waals surface area contributed by atoms with Crippen LogP contribution in [0, 0.1) is 0 Å². The van der Waals surface area contributed by atoms with Crippen LogP contribution in [0.4, 0.5) is 0 Å². The minimum Gasteiger partial charge on any atom is -0.463 e. The Bertz CT molecular complexity index is 542. The Labute approximate surface area is 118 Å². The molecule has 0 atom stereocenters. The van der Waals surface area contributed by atoms with E-state index in [0.717, 1.165) is 0 Å². The molecule has 0 fully saturated rings. The molecule has 7 heteroatoms. The number of ether oxygens (including phenoxy) is 1. The van der Waals surface area contributed by atoms with Crippen molar-refractivity contribution in [2.24, 2.45) is 0 Å². The molecule has 0 radical (unpaired) electrons. The molecule has 0 spiro atoms. The van der Waals surface area contributed by atoms with Crippen LogP contribution >= 0.6 is 11.6 Å². The van der Waals surface area contributed by atoms with Gasteiger partial charge in [-0.05, 0) is 26.0 Å². The summed E-state index contributed by atoms with van der Waals surface area (Å²) in [6, 6.07) is 6.11. The predicted molar refractivity (Wildman–Crippen MR) is 72.5 cm³/mol. The molecule has 0 unspecified atom stereocenters. The van der Waals surface area contributed by atoms with Gasteiger partial charge in [-0.1, -0.05) is 23.7 Å².